The summed E-state index contributed by atoms with van der Waals surface area (Å²) in [5.41, 5.74) is -0.268. The fourth-order valence-corrected chi connectivity index (χ4v) is 3.58. The zero-order valence-corrected chi connectivity index (χ0v) is 15.3. The Hall–Kier alpha value is -1.31. The van der Waals surface area contributed by atoms with E-state index in [9.17, 15) is 13.5 Å². The fourth-order valence-electron chi connectivity index (χ4n) is 2.93. The van der Waals surface area contributed by atoms with Crippen molar-refractivity contribution in [2.24, 2.45) is 5.92 Å². The van der Waals surface area contributed by atoms with Crippen molar-refractivity contribution < 1.29 is 23.0 Å². The Morgan fingerprint density at radius 1 is 1.38 bits per heavy atom. The molecule has 0 aromatic heterocycles. The number of nitrogens with zero attached hydrogens (tertiary/aromatic N) is 1. The number of aliphatic hydroxyl groups is 1. The molecule has 0 bridgehead atoms. The van der Waals surface area contributed by atoms with Crippen LogP contribution in [0, 0.1) is 5.92 Å². The molecule has 2 atom stereocenters. The highest BCUT2D eigenvalue weighted by Gasteiger charge is 2.46. The van der Waals surface area contributed by atoms with Gasteiger partial charge in [0.2, 0.25) is 10.0 Å². The van der Waals surface area contributed by atoms with Crippen LogP contribution in [0.3, 0.4) is 0 Å². The number of ether oxygens (including phenoxy) is 2. The molecule has 0 radical (unpaired) electrons. The van der Waals surface area contributed by atoms with Gasteiger partial charge in [0.05, 0.1) is 18.9 Å². The third-order valence-corrected chi connectivity index (χ3v) is 6.06. The lowest BCUT2D eigenvalue weighted by Crippen LogP contribution is -2.53. The van der Waals surface area contributed by atoms with Gasteiger partial charge in [0.15, 0.2) is 0 Å². The number of benzene rings is 1. The van der Waals surface area contributed by atoms with Crippen molar-refractivity contribution in [3.8, 4) is 11.5 Å². The van der Waals surface area contributed by atoms with Crippen molar-refractivity contribution in [1.29, 1.82) is 0 Å². The van der Waals surface area contributed by atoms with Crippen LogP contribution in [0.25, 0.3) is 0 Å². The molecule has 1 fully saturated rings. The Bertz CT molecular complexity index is 726. The zero-order valence-electron chi connectivity index (χ0n) is 14.5. The van der Waals surface area contributed by atoms with E-state index in [-0.39, 0.29) is 0 Å². The van der Waals surface area contributed by atoms with E-state index in [2.05, 4.69) is 0 Å². The van der Waals surface area contributed by atoms with Gasteiger partial charge in [0.25, 0.3) is 0 Å². The Morgan fingerprint density at radius 3 is 2.62 bits per heavy atom. The molecule has 1 aromatic carbocycles. The molecule has 3 rings (SSSR count). The average Bonchev–Trinajstić information content (AvgIpc) is 3.29. The quantitative estimate of drug-likeness (QED) is 0.873. The van der Waals surface area contributed by atoms with Gasteiger partial charge >= 0.3 is 0 Å². The van der Waals surface area contributed by atoms with E-state index in [1.54, 1.807) is 26.0 Å². The van der Waals surface area contributed by atoms with Gasteiger partial charge in [0, 0.05) is 12.6 Å². The molecule has 1 aliphatic carbocycles. The van der Waals surface area contributed by atoms with Crippen molar-refractivity contribution in [2.75, 3.05) is 19.9 Å². The maximum absolute atomic E-state index is 12.0. The maximum atomic E-state index is 12.0. The zero-order chi connectivity index (χ0) is 17.7. The minimum Gasteiger partial charge on any atom is -0.493 e. The standard InChI is InChI=1S/C17H25NO5S/c1-17(2)16(19)15(18(3)24(4,20)21)13-9-12(7-8-14(13)23-17)22-10-11-5-6-11/h7-9,11,15-16,19H,5-6,10H2,1-4H3/t15-,16+/m1/s1. The largest absolute Gasteiger partial charge is 0.493 e. The second-order valence-corrected chi connectivity index (χ2v) is 9.37. The van der Waals surface area contributed by atoms with Crippen LogP contribution in [0.4, 0.5) is 0 Å². The second kappa shape index (κ2) is 5.89. The van der Waals surface area contributed by atoms with Crippen molar-refractivity contribution in [2.45, 2.75) is 44.4 Å². The average molecular weight is 355 g/mol. The Labute approximate surface area is 143 Å². The van der Waals surface area contributed by atoms with E-state index in [0.29, 0.717) is 29.6 Å². The van der Waals surface area contributed by atoms with Crippen LogP contribution in [-0.4, -0.2) is 49.4 Å². The molecule has 2 aliphatic rings. The van der Waals surface area contributed by atoms with Gasteiger partial charge in [-0.15, -0.1) is 0 Å². The molecule has 6 nitrogen and oxygen atoms in total. The van der Waals surface area contributed by atoms with Crippen LogP contribution in [0.15, 0.2) is 18.2 Å². The Balaban J connectivity index is 1.98. The number of likely N-dealkylation sites (N-methyl/N-ethyl adjacent to an activating group) is 1. The van der Waals surface area contributed by atoms with Crippen LogP contribution >= 0.6 is 0 Å². The molecule has 1 N–H and O–H groups in total. The molecular formula is C17H25NO5S. The highest BCUT2D eigenvalue weighted by molar-refractivity contribution is 7.88. The van der Waals surface area contributed by atoms with Gasteiger partial charge in [-0.2, -0.15) is 4.31 Å². The van der Waals surface area contributed by atoms with Crippen molar-refractivity contribution in [3.63, 3.8) is 0 Å². The molecule has 0 amide bonds. The summed E-state index contributed by atoms with van der Waals surface area (Å²) in [6, 6.07) is 4.67. The summed E-state index contributed by atoms with van der Waals surface area (Å²) >= 11 is 0. The molecule has 0 spiro atoms. The van der Waals surface area contributed by atoms with E-state index >= 15 is 0 Å². The van der Waals surface area contributed by atoms with Crippen LogP contribution in [-0.2, 0) is 10.0 Å². The van der Waals surface area contributed by atoms with Crippen LogP contribution in [0.5, 0.6) is 11.5 Å². The second-order valence-electron chi connectivity index (χ2n) is 7.33. The molecule has 7 heteroatoms. The van der Waals surface area contributed by atoms with Crippen molar-refractivity contribution in [1.82, 2.24) is 4.31 Å². The molecular weight excluding hydrogens is 330 g/mol. The summed E-state index contributed by atoms with van der Waals surface area (Å²) in [5, 5.41) is 10.7. The first-order chi connectivity index (χ1) is 11.1. The van der Waals surface area contributed by atoms with Gasteiger partial charge in [-0.05, 0) is 50.8 Å². The van der Waals surface area contributed by atoms with Gasteiger partial charge in [-0.1, -0.05) is 0 Å². The predicted octanol–water partition coefficient (Wildman–Crippen LogP) is 1.94. The van der Waals surface area contributed by atoms with Crippen LogP contribution in [0.2, 0.25) is 0 Å². The SMILES string of the molecule is CN([C@@H]1c2cc(OCC3CC3)ccc2OC(C)(C)[C@H]1O)S(C)(=O)=O. The molecule has 24 heavy (non-hydrogen) atoms. The van der Waals surface area contributed by atoms with Crippen molar-refractivity contribution >= 4 is 10.0 Å². The Morgan fingerprint density at radius 2 is 2.04 bits per heavy atom. The summed E-state index contributed by atoms with van der Waals surface area (Å²) in [6.07, 6.45) is 2.53. The van der Waals surface area contributed by atoms with Crippen LogP contribution < -0.4 is 9.47 Å². The number of aliphatic hydroxyl groups excluding tert-OH is 1. The number of hydrogen-bond donors (Lipinski definition) is 1. The third-order valence-electron chi connectivity index (χ3n) is 4.78. The lowest BCUT2D eigenvalue weighted by Gasteiger charge is -2.44. The molecule has 0 unspecified atom stereocenters. The first-order valence-electron chi connectivity index (χ1n) is 8.16. The molecule has 0 saturated heterocycles. The topological polar surface area (TPSA) is 76.1 Å². The Kier molecular flexibility index (Phi) is 4.30. The highest BCUT2D eigenvalue weighted by atomic mass is 32.2. The number of sulfonamides is 1. The normalized spacial score (nSPS) is 25.9. The van der Waals surface area contributed by atoms with E-state index in [0.717, 1.165) is 6.26 Å². The molecule has 1 aliphatic heterocycles. The minimum absolute atomic E-state index is 0.574. The van der Waals surface area contributed by atoms with E-state index < -0.39 is 27.8 Å². The molecule has 134 valence electrons. The summed E-state index contributed by atoms with van der Waals surface area (Å²) in [5.74, 6) is 1.86. The molecule has 1 saturated carbocycles. The van der Waals surface area contributed by atoms with E-state index in [1.165, 1.54) is 24.2 Å². The van der Waals surface area contributed by atoms with Gasteiger partial charge in [-0.25, -0.2) is 8.42 Å². The lowest BCUT2D eigenvalue weighted by molar-refractivity contribution is -0.0763. The van der Waals surface area contributed by atoms with E-state index in [1.807, 2.05) is 6.07 Å². The lowest BCUT2D eigenvalue weighted by atomic mass is 9.86. The first kappa shape index (κ1) is 17.5. The van der Waals surface area contributed by atoms with Gasteiger partial charge in [0.1, 0.15) is 23.2 Å². The molecule has 1 heterocycles. The monoisotopic (exact) mass is 355 g/mol. The maximum Gasteiger partial charge on any atom is 0.211 e. The molecule has 1 aromatic rings. The highest BCUT2D eigenvalue weighted by Crippen LogP contribution is 2.44. The first-order valence-corrected chi connectivity index (χ1v) is 10.0. The summed E-state index contributed by atoms with van der Waals surface area (Å²) < 4.78 is 37.0. The summed E-state index contributed by atoms with van der Waals surface area (Å²) in [6.45, 7) is 4.17. The smallest absolute Gasteiger partial charge is 0.211 e. The van der Waals surface area contributed by atoms with Gasteiger partial charge < -0.3 is 14.6 Å². The van der Waals surface area contributed by atoms with Gasteiger partial charge in [-0.3, -0.25) is 0 Å². The van der Waals surface area contributed by atoms with Crippen LogP contribution in [0.1, 0.15) is 38.3 Å². The number of hydrogen-bond acceptors (Lipinski definition) is 5. The third kappa shape index (κ3) is 3.38. The number of rotatable bonds is 5. The predicted molar refractivity (Wildman–Crippen MR) is 90.7 cm³/mol. The van der Waals surface area contributed by atoms with Crippen molar-refractivity contribution in [3.05, 3.63) is 23.8 Å². The summed E-state index contributed by atoms with van der Waals surface area (Å²) in [7, 11) is -2.00. The van der Waals surface area contributed by atoms with E-state index in [4.69, 9.17) is 9.47 Å². The summed E-state index contributed by atoms with van der Waals surface area (Å²) in [4.78, 5) is 0. The minimum atomic E-state index is -3.48. The fraction of sp³-hybridized carbons (Fsp3) is 0.647. The number of fused-ring (bicyclic) bond motifs is 1.